The van der Waals surface area contributed by atoms with Gasteiger partial charge in [0.25, 0.3) is 0 Å². The highest BCUT2D eigenvalue weighted by molar-refractivity contribution is 5.77. The summed E-state index contributed by atoms with van der Waals surface area (Å²) >= 11 is 0. The molecule has 0 saturated carbocycles. The average Bonchev–Trinajstić information content (AvgIpc) is 2.50. The molecular weight excluding hydrogens is 262 g/mol. The van der Waals surface area contributed by atoms with Gasteiger partial charge < -0.3 is 10.0 Å². The normalized spacial score (nSPS) is 11.9. The number of aryl methyl sites for hydroxylation is 1. The summed E-state index contributed by atoms with van der Waals surface area (Å²) in [5.41, 5.74) is 3.11. The van der Waals surface area contributed by atoms with Crippen molar-refractivity contribution in [2.24, 2.45) is 0 Å². The van der Waals surface area contributed by atoms with Crippen molar-refractivity contribution in [1.29, 1.82) is 0 Å². The number of rotatable bonds is 6. The fraction of sp³-hybridized carbons (Fsp3) is 0.278. The quantitative estimate of drug-likeness (QED) is 0.879. The highest BCUT2D eigenvalue weighted by Gasteiger charge is 2.22. The topological polar surface area (TPSA) is 40.5 Å². The Hall–Kier alpha value is -2.29. The van der Waals surface area contributed by atoms with Crippen molar-refractivity contribution < 1.29 is 9.90 Å². The highest BCUT2D eigenvalue weighted by atomic mass is 16.4. The van der Waals surface area contributed by atoms with Gasteiger partial charge in [0.15, 0.2) is 0 Å². The van der Waals surface area contributed by atoms with E-state index >= 15 is 0 Å². The van der Waals surface area contributed by atoms with Crippen LogP contribution < -0.4 is 4.90 Å². The van der Waals surface area contributed by atoms with Crippen LogP contribution in [-0.4, -0.2) is 24.2 Å². The minimum absolute atomic E-state index is 0.471. The zero-order valence-electron chi connectivity index (χ0n) is 12.5. The Morgan fingerprint density at radius 3 is 2.24 bits per heavy atom. The number of hydrogen-bond acceptors (Lipinski definition) is 2. The number of aliphatic carboxylic acids is 1. The van der Waals surface area contributed by atoms with Crippen LogP contribution in [0.4, 0.5) is 5.69 Å². The van der Waals surface area contributed by atoms with E-state index in [2.05, 4.69) is 17.0 Å². The molecule has 0 radical (unpaired) electrons. The van der Waals surface area contributed by atoms with Gasteiger partial charge in [0.05, 0.1) is 5.92 Å². The molecule has 1 atom stereocenters. The van der Waals surface area contributed by atoms with Crippen LogP contribution in [0.1, 0.15) is 24.0 Å². The van der Waals surface area contributed by atoms with Crippen LogP contribution in [0.3, 0.4) is 0 Å². The fourth-order valence-electron chi connectivity index (χ4n) is 2.40. The predicted molar refractivity (Wildman–Crippen MR) is 85.9 cm³/mol. The maximum atomic E-state index is 11.6. The second kappa shape index (κ2) is 6.93. The molecule has 0 bridgehead atoms. The summed E-state index contributed by atoms with van der Waals surface area (Å²) in [6.07, 6.45) is 0. The van der Waals surface area contributed by atoms with E-state index in [0.29, 0.717) is 6.54 Å². The smallest absolute Gasteiger partial charge is 0.312 e. The first-order valence-corrected chi connectivity index (χ1v) is 7.21. The molecule has 0 aliphatic heterocycles. The van der Waals surface area contributed by atoms with Gasteiger partial charge in [-0.2, -0.15) is 0 Å². The predicted octanol–water partition coefficient (Wildman–Crippen LogP) is 3.69. The number of carbonyl (C=O) groups is 1. The molecule has 2 rings (SSSR count). The molecule has 0 fully saturated rings. The third-order valence-electron chi connectivity index (χ3n) is 3.68. The average molecular weight is 283 g/mol. The molecule has 2 aromatic carbocycles. The van der Waals surface area contributed by atoms with Gasteiger partial charge in [-0.25, -0.2) is 0 Å². The number of hydrogen-bond donors (Lipinski definition) is 1. The first-order chi connectivity index (χ1) is 10.1. The number of carboxylic acid groups (broad SMARTS) is 1. The summed E-state index contributed by atoms with van der Waals surface area (Å²) in [5, 5.41) is 9.54. The molecule has 0 amide bonds. The van der Waals surface area contributed by atoms with Gasteiger partial charge in [-0.05, 0) is 31.5 Å². The Balaban J connectivity index is 2.22. The maximum absolute atomic E-state index is 11.6. The summed E-state index contributed by atoms with van der Waals surface area (Å²) in [6.45, 7) is 5.34. The van der Waals surface area contributed by atoms with Crippen LogP contribution in [0.2, 0.25) is 0 Å². The van der Waals surface area contributed by atoms with Gasteiger partial charge in [-0.3, -0.25) is 4.79 Å². The highest BCUT2D eigenvalue weighted by Crippen LogP contribution is 2.22. The first kappa shape index (κ1) is 15.1. The number of anilines is 1. The largest absolute Gasteiger partial charge is 0.481 e. The lowest BCUT2D eigenvalue weighted by Crippen LogP contribution is -2.31. The number of likely N-dealkylation sites (N-methyl/N-ethyl adjacent to an activating group) is 1. The second-order valence-corrected chi connectivity index (χ2v) is 5.18. The lowest BCUT2D eigenvalue weighted by molar-refractivity contribution is -0.138. The standard InChI is InChI=1S/C18H21NO2/c1-3-19(16-11-9-14(2)10-12-16)13-17(18(20)21)15-7-5-4-6-8-15/h4-12,17H,3,13H2,1-2H3,(H,20,21). The Morgan fingerprint density at radius 1 is 1.10 bits per heavy atom. The SMILES string of the molecule is CCN(CC(C(=O)O)c1ccccc1)c1ccc(C)cc1. The van der Waals surface area contributed by atoms with Crippen molar-refractivity contribution in [3.63, 3.8) is 0 Å². The summed E-state index contributed by atoms with van der Waals surface area (Å²) < 4.78 is 0. The molecule has 0 heterocycles. The Bertz CT molecular complexity index is 578. The van der Waals surface area contributed by atoms with Gasteiger partial charge in [0.1, 0.15) is 0 Å². The molecule has 0 saturated heterocycles. The van der Waals surface area contributed by atoms with Crippen molar-refractivity contribution >= 4 is 11.7 Å². The van der Waals surface area contributed by atoms with E-state index in [1.165, 1.54) is 5.56 Å². The van der Waals surface area contributed by atoms with Crippen molar-refractivity contribution in [3.05, 3.63) is 65.7 Å². The second-order valence-electron chi connectivity index (χ2n) is 5.18. The van der Waals surface area contributed by atoms with Crippen LogP contribution in [0, 0.1) is 6.92 Å². The zero-order chi connectivity index (χ0) is 15.2. The Labute approximate surface area is 125 Å². The molecule has 21 heavy (non-hydrogen) atoms. The van der Waals surface area contributed by atoms with E-state index in [1.807, 2.05) is 56.3 Å². The van der Waals surface area contributed by atoms with Crippen molar-refractivity contribution in [3.8, 4) is 0 Å². The van der Waals surface area contributed by atoms with Gasteiger partial charge >= 0.3 is 5.97 Å². The number of nitrogens with zero attached hydrogens (tertiary/aromatic N) is 1. The van der Waals surface area contributed by atoms with Crippen LogP contribution >= 0.6 is 0 Å². The van der Waals surface area contributed by atoms with Crippen LogP contribution in [0.5, 0.6) is 0 Å². The molecule has 0 aliphatic rings. The first-order valence-electron chi connectivity index (χ1n) is 7.21. The Kier molecular flexibility index (Phi) is 4.99. The van der Waals surface area contributed by atoms with E-state index < -0.39 is 11.9 Å². The molecule has 1 N–H and O–H groups in total. The lowest BCUT2D eigenvalue weighted by atomic mass is 9.98. The summed E-state index contributed by atoms with van der Waals surface area (Å²) in [4.78, 5) is 13.7. The van der Waals surface area contributed by atoms with Crippen LogP contribution in [0.25, 0.3) is 0 Å². The van der Waals surface area contributed by atoms with E-state index in [-0.39, 0.29) is 0 Å². The number of carboxylic acids is 1. The summed E-state index contributed by atoms with van der Waals surface area (Å²) in [6, 6.07) is 17.6. The van der Waals surface area contributed by atoms with E-state index in [4.69, 9.17) is 0 Å². The molecular formula is C18H21NO2. The van der Waals surface area contributed by atoms with Gasteiger partial charge in [0, 0.05) is 18.8 Å². The van der Waals surface area contributed by atoms with Gasteiger partial charge in [-0.1, -0.05) is 48.0 Å². The molecule has 3 heteroatoms. The monoisotopic (exact) mass is 283 g/mol. The molecule has 1 unspecified atom stereocenters. The third-order valence-corrected chi connectivity index (χ3v) is 3.68. The van der Waals surface area contributed by atoms with Crippen molar-refractivity contribution in [1.82, 2.24) is 0 Å². The van der Waals surface area contributed by atoms with E-state index in [0.717, 1.165) is 17.8 Å². The van der Waals surface area contributed by atoms with Crippen LogP contribution in [-0.2, 0) is 4.79 Å². The molecule has 0 aliphatic carbocycles. The van der Waals surface area contributed by atoms with Gasteiger partial charge in [-0.15, -0.1) is 0 Å². The molecule has 0 spiro atoms. The van der Waals surface area contributed by atoms with Crippen molar-refractivity contribution in [2.45, 2.75) is 19.8 Å². The van der Waals surface area contributed by atoms with Gasteiger partial charge in [0.2, 0.25) is 0 Å². The molecule has 0 aromatic heterocycles. The lowest BCUT2D eigenvalue weighted by Gasteiger charge is -2.27. The third kappa shape index (κ3) is 3.85. The number of benzene rings is 2. The minimum Gasteiger partial charge on any atom is -0.481 e. The molecule has 2 aromatic rings. The zero-order valence-corrected chi connectivity index (χ0v) is 12.5. The summed E-state index contributed by atoms with van der Waals surface area (Å²) in [5.74, 6) is -1.31. The van der Waals surface area contributed by atoms with E-state index in [9.17, 15) is 9.90 Å². The maximum Gasteiger partial charge on any atom is 0.312 e. The van der Waals surface area contributed by atoms with E-state index in [1.54, 1.807) is 0 Å². The minimum atomic E-state index is -0.785. The molecule has 110 valence electrons. The Morgan fingerprint density at radius 2 is 1.71 bits per heavy atom. The molecule has 3 nitrogen and oxygen atoms in total. The fourth-order valence-corrected chi connectivity index (χ4v) is 2.40. The summed E-state index contributed by atoms with van der Waals surface area (Å²) in [7, 11) is 0. The van der Waals surface area contributed by atoms with Crippen LogP contribution in [0.15, 0.2) is 54.6 Å². The van der Waals surface area contributed by atoms with Crippen molar-refractivity contribution in [2.75, 3.05) is 18.0 Å².